The van der Waals surface area contributed by atoms with Crippen LogP contribution < -0.4 is 0 Å². The highest BCUT2D eigenvalue weighted by molar-refractivity contribution is 5.93. The summed E-state index contributed by atoms with van der Waals surface area (Å²) in [5.41, 5.74) is -5.30. The van der Waals surface area contributed by atoms with E-state index >= 15 is 0 Å². The van der Waals surface area contributed by atoms with Crippen molar-refractivity contribution in [3.8, 4) is 6.07 Å². The first-order valence-corrected chi connectivity index (χ1v) is 4.35. The van der Waals surface area contributed by atoms with Gasteiger partial charge in [-0.25, -0.2) is 13.6 Å². The second kappa shape index (κ2) is 4.60. The molecule has 0 aliphatic heterocycles. The lowest BCUT2D eigenvalue weighted by Gasteiger charge is -2.13. The Morgan fingerprint density at radius 2 is 1.89 bits per heavy atom. The average Bonchev–Trinajstić information content (AvgIpc) is 2.25. The molecule has 18 heavy (non-hydrogen) atoms. The maximum Gasteiger partial charge on any atom is 0.417 e. The van der Waals surface area contributed by atoms with Crippen molar-refractivity contribution < 1.29 is 31.9 Å². The van der Waals surface area contributed by atoms with Crippen LogP contribution in [0.1, 0.15) is 33.5 Å². The lowest BCUT2D eigenvalue weighted by molar-refractivity contribution is -0.138. The van der Waals surface area contributed by atoms with E-state index in [4.69, 9.17) is 10.4 Å². The van der Waals surface area contributed by atoms with Crippen molar-refractivity contribution in [2.24, 2.45) is 0 Å². The summed E-state index contributed by atoms with van der Waals surface area (Å²) in [4.78, 5) is 10.7. The van der Waals surface area contributed by atoms with Crippen LogP contribution in [-0.2, 0) is 6.18 Å². The van der Waals surface area contributed by atoms with Crippen LogP contribution in [0.2, 0.25) is 0 Å². The van der Waals surface area contributed by atoms with E-state index in [1.54, 1.807) is 0 Å². The molecule has 0 spiro atoms. The Labute approximate surface area is 97.1 Å². The lowest BCUT2D eigenvalue weighted by Crippen LogP contribution is -2.16. The summed E-state index contributed by atoms with van der Waals surface area (Å²) in [6, 6.07) is 1.71. The number of benzene rings is 1. The molecule has 1 aromatic carbocycles. The van der Waals surface area contributed by atoms with Gasteiger partial charge in [0, 0.05) is 5.56 Å². The number of halogens is 5. The van der Waals surface area contributed by atoms with Gasteiger partial charge in [-0.15, -0.1) is 0 Å². The fourth-order valence-electron chi connectivity index (χ4n) is 1.38. The molecule has 8 heteroatoms. The molecule has 0 saturated carbocycles. The van der Waals surface area contributed by atoms with Gasteiger partial charge in [0.25, 0.3) is 6.43 Å². The first kappa shape index (κ1) is 13.9. The smallest absolute Gasteiger partial charge is 0.417 e. The van der Waals surface area contributed by atoms with Gasteiger partial charge in [-0.05, 0) is 6.07 Å². The molecule has 0 aromatic heterocycles. The molecule has 0 atom stereocenters. The predicted octanol–water partition coefficient (Wildman–Crippen LogP) is 3.21. The second-order valence-corrected chi connectivity index (χ2v) is 3.17. The zero-order valence-corrected chi connectivity index (χ0v) is 8.42. The molecule has 0 fully saturated rings. The summed E-state index contributed by atoms with van der Waals surface area (Å²) in [5.74, 6) is -2.08. The fourth-order valence-corrected chi connectivity index (χ4v) is 1.38. The number of carbonyl (C=O) groups is 1. The Bertz CT molecular complexity index is 530. The van der Waals surface area contributed by atoms with Crippen molar-refractivity contribution in [1.29, 1.82) is 5.26 Å². The third kappa shape index (κ3) is 2.40. The van der Waals surface area contributed by atoms with Crippen LogP contribution >= 0.6 is 0 Å². The van der Waals surface area contributed by atoms with Gasteiger partial charge in [0.05, 0.1) is 16.7 Å². The number of rotatable bonds is 2. The van der Waals surface area contributed by atoms with Crippen LogP contribution in [0, 0.1) is 11.3 Å². The lowest BCUT2D eigenvalue weighted by atomic mass is 9.96. The first-order valence-electron chi connectivity index (χ1n) is 4.35. The Balaban J connectivity index is 3.72. The quantitative estimate of drug-likeness (QED) is 0.835. The number of carboxylic acids is 1. The molecule has 0 unspecified atom stereocenters. The van der Waals surface area contributed by atoms with E-state index in [-0.39, 0.29) is 6.07 Å². The number of hydrogen-bond donors (Lipinski definition) is 1. The molecular weight excluding hydrogens is 261 g/mol. The summed E-state index contributed by atoms with van der Waals surface area (Å²) in [5, 5.41) is 17.2. The van der Waals surface area contributed by atoms with E-state index in [0.717, 1.165) is 6.07 Å². The third-order valence-corrected chi connectivity index (χ3v) is 2.10. The van der Waals surface area contributed by atoms with Crippen LogP contribution in [0.3, 0.4) is 0 Å². The molecule has 0 aliphatic rings. The number of nitrogens with zero attached hydrogens (tertiary/aromatic N) is 1. The van der Waals surface area contributed by atoms with Gasteiger partial charge in [0.2, 0.25) is 0 Å². The van der Waals surface area contributed by atoms with Gasteiger partial charge in [-0.3, -0.25) is 0 Å². The Kier molecular flexibility index (Phi) is 3.55. The minimum atomic E-state index is -5.04. The highest BCUT2D eigenvalue weighted by atomic mass is 19.4. The third-order valence-electron chi connectivity index (χ3n) is 2.10. The monoisotopic (exact) mass is 265 g/mol. The average molecular weight is 265 g/mol. The van der Waals surface area contributed by atoms with E-state index in [1.165, 1.54) is 0 Å². The molecule has 1 rings (SSSR count). The number of hydrogen-bond acceptors (Lipinski definition) is 2. The molecule has 0 radical (unpaired) electrons. The fraction of sp³-hybridized carbons (Fsp3) is 0.200. The van der Waals surface area contributed by atoms with E-state index in [2.05, 4.69) is 0 Å². The zero-order valence-electron chi connectivity index (χ0n) is 8.42. The molecular formula is C10H4F5NO2. The van der Waals surface area contributed by atoms with Crippen LogP contribution in [0.15, 0.2) is 12.1 Å². The van der Waals surface area contributed by atoms with Gasteiger partial charge in [0.15, 0.2) is 0 Å². The summed E-state index contributed by atoms with van der Waals surface area (Å²) >= 11 is 0. The van der Waals surface area contributed by atoms with Gasteiger partial charge in [-0.1, -0.05) is 6.07 Å². The van der Waals surface area contributed by atoms with Crippen molar-refractivity contribution >= 4 is 5.97 Å². The van der Waals surface area contributed by atoms with Crippen molar-refractivity contribution in [1.82, 2.24) is 0 Å². The molecule has 0 bridgehead atoms. The number of nitriles is 1. The standard InChI is InChI=1S/C10H4F5NO2/c11-8(12)4-1-2-6(10(13,14)15)7(9(17)18)5(4)3-16/h1-2,8H,(H,17,18). The zero-order chi connectivity index (χ0) is 14.1. The maximum atomic E-state index is 12.5. The Morgan fingerprint density at radius 1 is 1.33 bits per heavy atom. The molecule has 96 valence electrons. The predicted molar refractivity (Wildman–Crippen MR) is 48.1 cm³/mol. The molecule has 1 N–H and O–H groups in total. The SMILES string of the molecule is N#Cc1c(C(F)F)ccc(C(F)(F)F)c1C(=O)O. The molecule has 1 aromatic rings. The number of alkyl halides is 5. The summed E-state index contributed by atoms with van der Waals surface area (Å²) in [7, 11) is 0. The largest absolute Gasteiger partial charge is 0.478 e. The molecule has 0 aliphatic carbocycles. The number of aromatic carboxylic acids is 1. The van der Waals surface area contributed by atoms with Crippen LogP contribution in [0.25, 0.3) is 0 Å². The minimum absolute atomic E-state index is 0.228. The minimum Gasteiger partial charge on any atom is -0.478 e. The van der Waals surface area contributed by atoms with Gasteiger partial charge in [0.1, 0.15) is 6.07 Å². The summed E-state index contributed by atoms with van der Waals surface area (Å²) in [6.45, 7) is 0. The molecule has 0 saturated heterocycles. The Hall–Kier alpha value is -2.17. The van der Waals surface area contributed by atoms with E-state index < -0.39 is 40.8 Å². The van der Waals surface area contributed by atoms with Crippen molar-refractivity contribution in [2.45, 2.75) is 12.6 Å². The van der Waals surface area contributed by atoms with Crippen molar-refractivity contribution in [3.63, 3.8) is 0 Å². The molecule has 3 nitrogen and oxygen atoms in total. The van der Waals surface area contributed by atoms with Crippen LogP contribution in [0.5, 0.6) is 0 Å². The maximum absolute atomic E-state index is 12.5. The van der Waals surface area contributed by atoms with Crippen LogP contribution in [-0.4, -0.2) is 11.1 Å². The second-order valence-electron chi connectivity index (χ2n) is 3.17. The normalized spacial score (nSPS) is 11.4. The highest BCUT2D eigenvalue weighted by Crippen LogP contribution is 2.36. The summed E-state index contributed by atoms with van der Waals surface area (Å²) < 4.78 is 62.4. The first-order chi connectivity index (χ1) is 8.20. The van der Waals surface area contributed by atoms with Gasteiger partial charge >= 0.3 is 12.1 Å². The van der Waals surface area contributed by atoms with Crippen molar-refractivity contribution in [2.75, 3.05) is 0 Å². The van der Waals surface area contributed by atoms with Crippen LogP contribution in [0.4, 0.5) is 22.0 Å². The van der Waals surface area contributed by atoms with E-state index in [0.29, 0.717) is 6.07 Å². The Morgan fingerprint density at radius 3 is 2.22 bits per heavy atom. The van der Waals surface area contributed by atoms with Gasteiger partial charge in [-0.2, -0.15) is 18.4 Å². The highest BCUT2D eigenvalue weighted by Gasteiger charge is 2.38. The molecule has 0 heterocycles. The topological polar surface area (TPSA) is 61.1 Å². The van der Waals surface area contributed by atoms with E-state index in [1.807, 2.05) is 0 Å². The van der Waals surface area contributed by atoms with E-state index in [9.17, 15) is 26.7 Å². The number of carboxylic acid groups (broad SMARTS) is 1. The molecule has 0 amide bonds. The summed E-state index contributed by atoms with van der Waals surface area (Å²) in [6.07, 6.45) is -8.28. The van der Waals surface area contributed by atoms with Gasteiger partial charge < -0.3 is 5.11 Å². The van der Waals surface area contributed by atoms with Crippen molar-refractivity contribution in [3.05, 3.63) is 34.4 Å².